The molecule has 2 heterocycles. The van der Waals surface area contributed by atoms with Gasteiger partial charge in [0.2, 0.25) is 4.96 Å². The van der Waals surface area contributed by atoms with E-state index in [9.17, 15) is 4.79 Å². The zero-order valence-corrected chi connectivity index (χ0v) is 18.2. The smallest absolute Gasteiger partial charge is 0.255 e. The zero-order valence-electron chi connectivity index (χ0n) is 17.4. The van der Waals surface area contributed by atoms with E-state index in [4.69, 9.17) is 14.2 Å². The molecule has 8 nitrogen and oxygen atoms in total. The van der Waals surface area contributed by atoms with Gasteiger partial charge in [0.1, 0.15) is 5.75 Å². The van der Waals surface area contributed by atoms with E-state index in [1.165, 1.54) is 18.4 Å². The standard InChI is InChI=1S/C22H22N4O4S/c1-28-16-9-7-14(8-10-16)20-24-22-26(25-20)15(13-31-22)11-12-23-21(27)17-5-4-6-18(29-2)19(17)30-3/h4-10,13H,11-12H2,1-3H3,(H,23,27). The third kappa shape index (κ3) is 4.17. The van der Waals surface area contributed by atoms with E-state index in [0.717, 1.165) is 22.0 Å². The molecule has 1 amide bonds. The fraction of sp³-hybridized carbons (Fsp3) is 0.227. The average molecular weight is 439 g/mol. The number of methoxy groups -OCH3 is 3. The Balaban J connectivity index is 1.45. The number of fused-ring (bicyclic) bond motifs is 1. The molecule has 0 unspecified atom stereocenters. The van der Waals surface area contributed by atoms with E-state index >= 15 is 0 Å². The summed E-state index contributed by atoms with van der Waals surface area (Å²) in [4.78, 5) is 18.0. The maximum Gasteiger partial charge on any atom is 0.255 e. The SMILES string of the molecule is COc1ccc(-c2nc3scc(CCNC(=O)c4cccc(OC)c4OC)n3n2)cc1. The van der Waals surface area contributed by atoms with Gasteiger partial charge in [0.25, 0.3) is 5.91 Å². The molecule has 0 aliphatic heterocycles. The Kier molecular flexibility index (Phi) is 6.03. The van der Waals surface area contributed by atoms with E-state index < -0.39 is 0 Å². The molecular weight excluding hydrogens is 416 g/mol. The minimum absolute atomic E-state index is 0.222. The number of aromatic nitrogens is 3. The van der Waals surface area contributed by atoms with Crippen molar-refractivity contribution < 1.29 is 19.0 Å². The normalized spacial score (nSPS) is 10.8. The van der Waals surface area contributed by atoms with Crippen molar-refractivity contribution in [3.05, 3.63) is 59.1 Å². The molecule has 0 saturated carbocycles. The Morgan fingerprint density at radius 1 is 1.06 bits per heavy atom. The first kappa shape index (κ1) is 20.7. The maximum absolute atomic E-state index is 12.6. The molecule has 1 N–H and O–H groups in total. The number of para-hydroxylation sites is 1. The molecular formula is C22H22N4O4S. The molecule has 0 bridgehead atoms. The summed E-state index contributed by atoms with van der Waals surface area (Å²) in [6, 6.07) is 12.8. The fourth-order valence-electron chi connectivity index (χ4n) is 3.22. The summed E-state index contributed by atoms with van der Waals surface area (Å²) in [5.74, 6) is 2.15. The first-order chi connectivity index (χ1) is 15.1. The predicted molar refractivity (Wildman–Crippen MR) is 118 cm³/mol. The number of amides is 1. The van der Waals surface area contributed by atoms with Crippen LogP contribution in [-0.2, 0) is 6.42 Å². The topological polar surface area (TPSA) is 87.0 Å². The predicted octanol–water partition coefficient (Wildman–Crippen LogP) is 3.46. The van der Waals surface area contributed by atoms with Crippen LogP contribution < -0.4 is 19.5 Å². The minimum Gasteiger partial charge on any atom is -0.497 e. The van der Waals surface area contributed by atoms with E-state index in [0.29, 0.717) is 35.9 Å². The molecule has 0 fully saturated rings. The molecule has 0 atom stereocenters. The van der Waals surface area contributed by atoms with Crippen molar-refractivity contribution in [2.45, 2.75) is 6.42 Å². The van der Waals surface area contributed by atoms with Gasteiger partial charge in [-0.05, 0) is 36.4 Å². The Morgan fingerprint density at radius 2 is 1.87 bits per heavy atom. The highest BCUT2D eigenvalue weighted by Gasteiger charge is 2.17. The van der Waals surface area contributed by atoms with Crippen LogP contribution in [0.5, 0.6) is 17.2 Å². The Hall–Kier alpha value is -3.59. The summed E-state index contributed by atoms with van der Waals surface area (Å²) in [5, 5.41) is 9.57. The third-order valence-electron chi connectivity index (χ3n) is 4.81. The van der Waals surface area contributed by atoms with E-state index in [1.807, 2.05) is 34.2 Å². The number of nitrogens with one attached hydrogen (secondary N) is 1. The first-order valence-electron chi connectivity index (χ1n) is 9.61. The minimum atomic E-state index is -0.222. The number of benzene rings is 2. The highest BCUT2D eigenvalue weighted by molar-refractivity contribution is 7.15. The monoisotopic (exact) mass is 438 g/mol. The summed E-state index contributed by atoms with van der Waals surface area (Å²) in [5.41, 5.74) is 2.33. The Labute approximate surface area is 183 Å². The molecule has 0 radical (unpaired) electrons. The van der Waals surface area contributed by atoms with E-state index in [-0.39, 0.29) is 5.91 Å². The molecule has 31 heavy (non-hydrogen) atoms. The van der Waals surface area contributed by atoms with E-state index in [2.05, 4.69) is 15.4 Å². The lowest BCUT2D eigenvalue weighted by Crippen LogP contribution is -2.26. The molecule has 160 valence electrons. The lowest BCUT2D eigenvalue weighted by molar-refractivity contribution is 0.0950. The van der Waals surface area contributed by atoms with Crippen LogP contribution in [0.15, 0.2) is 47.8 Å². The number of thiazole rings is 1. The van der Waals surface area contributed by atoms with Crippen molar-refractivity contribution in [3.63, 3.8) is 0 Å². The van der Waals surface area contributed by atoms with Gasteiger partial charge in [-0.1, -0.05) is 6.07 Å². The van der Waals surface area contributed by atoms with Gasteiger partial charge >= 0.3 is 0 Å². The number of hydrogen-bond donors (Lipinski definition) is 1. The summed E-state index contributed by atoms with van der Waals surface area (Å²) in [6.45, 7) is 0.447. The number of hydrogen-bond acceptors (Lipinski definition) is 7. The highest BCUT2D eigenvalue weighted by atomic mass is 32.1. The number of carbonyl (C=O) groups excluding carboxylic acids is 1. The second-order valence-corrected chi connectivity index (χ2v) is 7.47. The van der Waals surface area contributed by atoms with Crippen molar-refractivity contribution in [1.29, 1.82) is 0 Å². The van der Waals surface area contributed by atoms with Crippen molar-refractivity contribution >= 4 is 22.2 Å². The van der Waals surface area contributed by atoms with Crippen LogP contribution in [0.2, 0.25) is 0 Å². The quantitative estimate of drug-likeness (QED) is 0.453. The van der Waals surface area contributed by atoms with Gasteiger partial charge in [-0.2, -0.15) is 4.98 Å². The van der Waals surface area contributed by atoms with Gasteiger partial charge in [0.15, 0.2) is 17.3 Å². The molecule has 0 spiro atoms. The fourth-order valence-corrected chi connectivity index (χ4v) is 4.08. The van der Waals surface area contributed by atoms with Crippen LogP contribution in [0.1, 0.15) is 16.1 Å². The lowest BCUT2D eigenvalue weighted by Gasteiger charge is -2.12. The molecule has 2 aromatic heterocycles. The van der Waals surface area contributed by atoms with Crippen molar-refractivity contribution in [2.24, 2.45) is 0 Å². The van der Waals surface area contributed by atoms with Crippen molar-refractivity contribution in [1.82, 2.24) is 19.9 Å². The number of carbonyl (C=O) groups is 1. The lowest BCUT2D eigenvalue weighted by atomic mass is 10.1. The maximum atomic E-state index is 12.6. The van der Waals surface area contributed by atoms with Gasteiger partial charge in [0, 0.05) is 23.9 Å². The molecule has 2 aromatic carbocycles. The number of rotatable bonds is 8. The summed E-state index contributed by atoms with van der Waals surface area (Å²) in [7, 11) is 4.69. The summed E-state index contributed by atoms with van der Waals surface area (Å²) in [6.07, 6.45) is 0.615. The molecule has 4 aromatic rings. The Bertz CT molecular complexity index is 1200. The van der Waals surface area contributed by atoms with Crippen LogP contribution >= 0.6 is 11.3 Å². The zero-order chi connectivity index (χ0) is 21.8. The van der Waals surface area contributed by atoms with Crippen LogP contribution in [0.4, 0.5) is 0 Å². The molecule has 4 rings (SSSR count). The van der Waals surface area contributed by atoms with Crippen LogP contribution in [-0.4, -0.2) is 48.4 Å². The van der Waals surface area contributed by atoms with Gasteiger partial charge in [-0.25, -0.2) is 4.52 Å². The summed E-state index contributed by atoms with van der Waals surface area (Å²) < 4.78 is 17.6. The van der Waals surface area contributed by atoms with Gasteiger partial charge in [0.05, 0.1) is 32.6 Å². The molecule has 0 aliphatic rings. The van der Waals surface area contributed by atoms with Crippen molar-refractivity contribution in [3.8, 4) is 28.6 Å². The summed E-state index contributed by atoms with van der Waals surface area (Å²) >= 11 is 1.52. The highest BCUT2D eigenvalue weighted by Crippen LogP contribution is 2.30. The largest absolute Gasteiger partial charge is 0.497 e. The van der Waals surface area contributed by atoms with Gasteiger partial charge < -0.3 is 19.5 Å². The third-order valence-corrected chi connectivity index (χ3v) is 5.68. The van der Waals surface area contributed by atoms with Gasteiger partial charge in [-0.3, -0.25) is 4.79 Å². The van der Waals surface area contributed by atoms with Crippen LogP contribution in [0.25, 0.3) is 16.3 Å². The Morgan fingerprint density at radius 3 is 2.58 bits per heavy atom. The molecule has 0 saturated heterocycles. The second-order valence-electron chi connectivity index (χ2n) is 6.63. The second kappa shape index (κ2) is 9.05. The van der Waals surface area contributed by atoms with Crippen LogP contribution in [0.3, 0.4) is 0 Å². The van der Waals surface area contributed by atoms with Crippen molar-refractivity contribution in [2.75, 3.05) is 27.9 Å². The van der Waals surface area contributed by atoms with Crippen LogP contribution in [0, 0.1) is 0 Å². The van der Waals surface area contributed by atoms with E-state index in [1.54, 1.807) is 32.4 Å². The number of nitrogens with zero attached hydrogens (tertiary/aromatic N) is 3. The molecule has 0 aliphatic carbocycles. The number of ether oxygens (including phenoxy) is 3. The first-order valence-corrected chi connectivity index (χ1v) is 10.5. The average Bonchev–Trinajstić information content (AvgIpc) is 3.40. The molecule has 9 heteroatoms. The van der Waals surface area contributed by atoms with Gasteiger partial charge in [-0.15, -0.1) is 16.4 Å².